The molecule has 1 atom stereocenters. The Morgan fingerprint density at radius 2 is 1.90 bits per heavy atom. The summed E-state index contributed by atoms with van der Waals surface area (Å²) in [4.78, 5) is 0. The lowest BCUT2D eigenvalue weighted by Gasteiger charge is -2.17. The predicted octanol–water partition coefficient (Wildman–Crippen LogP) is 2.91. The molecule has 0 aromatic heterocycles. The fourth-order valence-electron chi connectivity index (χ4n) is 2.13. The van der Waals surface area contributed by atoms with Gasteiger partial charge in [-0.25, -0.2) is 0 Å². The minimum atomic E-state index is -0.0491. The summed E-state index contributed by atoms with van der Waals surface area (Å²) in [6.07, 6.45) is 0. The van der Waals surface area contributed by atoms with Crippen molar-refractivity contribution in [3.63, 3.8) is 0 Å². The van der Waals surface area contributed by atoms with Gasteiger partial charge >= 0.3 is 0 Å². The third-order valence-corrected chi connectivity index (χ3v) is 3.15. The smallest absolute Gasteiger partial charge is 0.119 e. The molecule has 0 amide bonds. The van der Waals surface area contributed by atoms with Crippen LogP contribution in [0.4, 0.5) is 0 Å². The highest BCUT2D eigenvalue weighted by molar-refractivity contribution is 5.28. The van der Waals surface area contributed by atoms with Gasteiger partial charge in [-0.1, -0.05) is 42.5 Å². The molecule has 0 fully saturated rings. The van der Waals surface area contributed by atoms with Crippen LogP contribution < -0.4 is 10.1 Å². The van der Waals surface area contributed by atoms with Crippen LogP contribution >= 0.6 is 0 Å². The second kappa shape index (κ2) is 7.68. The maximum atomic E-state index is 9.51. The molecule has 0 aliphatic carbocycles. The Labute approximate surface area is 120 Å². The van der Waals surface area contributed by atoms with E-state index >= 15 is 0 Å². The zero-order chi connectivity index (χ0) is 14.2. The molecule has 106 valence electrons. The van der Waals surface area contributed by atoms with Gasteiger partial charge in [0.05, 0.1) is 19.3 Å². The van der Waals surface area contributed by atoms with Crippen LogP contribution in [0.3, 0.4) is 0 Å². The normalized spacial score (nSPS) is 12.1. The summed E-state index contributed by atoms with van der Waals surface area (Å²) in [6, 6.07) is 17.9. The fourth-order valence-corrected chi connectivity index (χ4v) is 2.13. The molecule has 2 N–H and O–H groups in total. The van der Waals surface area contributed by atoms with E-state index in [1.165, 1.54) is 0 Å². The van der Waals surface area contributed by atoms with Crippen molar-refractivity contribution in [2.24, 2.45) is 0 Å². The highest BCUT2D eigenvalue weighted by atomic mass is 16.5. The van der Waals surface area contributed by atoms with Gasteiger partial charge in [0.1, 0.15) is 5.75 Å². The summed E-state index contributed by atoms with van der Waals surface area (Å²) in [5, 5.41) is 12.9. The molecule has 2 rings (SSSR count). The van der Waals surface area contributed by atoms with E-state index in [1.807, 2.05) is 55.5 Å². The first-order valence-electron chi connectivity index (χ1n) is 6.94. The SMILES string of the molecule is CCOc1cccc(CN[C@H](CO)c2ccccc2)c1. The minimum absolute atomic E-state index is 0.0491. The highest BCUT2D eigenvalue weighted by Gasteiger charge is 2.09. The van der Waals surface area contributed by atoms with E-state index in [0.717, 1.165) is 16.9 Å². The number of aliphatic hydroxyl groups excluding tert-OH is 1. The Hall–Kier alpha value is -1.84. The lowest BCUT2D eigenvalue weighted by Crippen LogP contribution is -2.23. The average molecular weight is 271 g/mol. The van der Waals surface area contributed by atoms with E-state index in [2.05, 4.69) is 11.4 Å². The summed E-state index contributed by atoms with van der Waals surface area (Å²) >= 11 is 0. The number of nitrogens with one attached hydrogen (secondary N) is 1. The van der Waals surface area contributed by atoms with Crippen LogP contribution in [0.5, 0.6) is 5.75 Å². The summed E-state index contributed by atoms with van der Waals surface area (Å²) in [7, 11) is 0. The lowest BCUT2D eigenvalue weighted by molar-refractivity contribution is 0.243. The van der Waals surface area contributed by atoms with Crippen molar-refractivity contribution in [1.29, 1.82) is 0 Å². The van der Waals surface area contributed by atoms with Crippen molar-refractivity contribution < 1.29 is 9.84 Å². The number of hydrogen-bond donors (Lipinski definition) is 2. The third kappa shape index (κ3) is 4.08. The minimum Gasteiger partial charge on any atom is -0.494 e. The molecule has 20 heavy (non-hydrogen) atoms. The molecule has 0 heterocycles. The zero-order valence-electron chi connectivity index (χ0n) is 11.8. The zero-order valence-corrected chi connectivity index (χ0v) is 11.8. The number of benzene rings is 2. The van der Waals surface area contributed by atoms with E-state index < -0.39 is 0 Å². The Kier molecular flexibility index (Phi) is 5.59. The van der Waals surface area contributed by atoms with Gasteiger partial charge in [0.25, 0.3) is 0 Å². The quantitative estimate of drug-likeness (QED) is 0.813. The molecule has 2 aromatic rings. The first-order valence-corrected chi connectivity index (χ1v) is 6.94. The third-order valence-electron chi connectivity index (χ3n) is 3.15. The van der Waals surface area contributed by atoms with Crippen molar-refractivity contribution >= 4 is 0 Å². The molecular weight excluding hydrogens is 250 g/mol. The van der Waals surface area contributed by atoms with Crippen LogP contribution in [0.25, 0.3) is 0 Å². The largest absolute Gasteiger partial charge is 0.494 e. The number of rotatable bonds is 7. The molecule has 0 aliphatic heterocycles. The Morgan fingerprint density at radius 3 is 2.60 bits per heavy atom. The fraction of sp³-hybridized carbons (Fsp3) is 0.294. The topological polar surface area (TPSA) is 41.5 Å². The summed E-state index contributed by atoms with van der Waals surface area (Å²) < 4.78 is 5.49. The highest BCUT2D eigenvalue weighted by Crippen LogP contribution is 2.16. The molecule has 0 unspecified atom stereocenters. The molecular formula is C17H21NO2. The average Bonchev–Trinajstić information content (AvgIpc) is 2.50. The van der Waals surface area contributed by atoms with Gasteiger partial charge in [0.15, 0.2) is 0 Å². The Bertz CT molecular complexity index is 513. The molecule has 3 heteroatoms. The van der Waals surface area contributed by atoms with Gasteiger partial charge in [-0.3, -0.25) is 0 Å². The van der Waals surface area contributed by atoms with E-state index in [4.69, 9.17) is 4.74 Å². The van der Waals surface area contributed by atoms with Gasteiger partial charge in [0, 0.05) is 6.54 Å². The van der Waals surface area contributed by atoms with E-state index in [1.54, 1.807) is 0 Å². The van der Waals surface area contributed by atoms with Crippen LogP contribution in [0.1, 0.15) is 24.1 Å². The van der Waals surface area contributed by atoms with Gasteiger partial charge in [0.2, 0.25) is 0 Å². The van der Waals surface area contributed by atoms with Crippen molar-refractivity contribution in [2.45, 2.75) is 19.5 Å². The number of aliphatic hydroxyl groups is 1. The molecule has 0 radical (unpaired) electrons. The van der Waals surface area contributed by atoms with Crippen molar-refractivity contribution in [3.05, 3.63) is 65.7 Å². The van der Waals surface area contributed by atoms with E-state index in [-0.39, 0.29) is 12.6 Å². The maximum Gasteiger partial charge on any atom is 0.119 e. The van der Waals surface area contributed by atoms with E-state index in [0.29, 0.717) is 13.2 Å². The Balaban J connectivity index is 1.98. The molecule has 0 bridgehead atoms. The van der Waals surface area contributed by atoms with Crippen LogP contribution in [0, 0.1) is 0 Å². The van der Waals surface area contributed by atoms with Crippen molar-refractivity contribution in [3.8, 4) is 5.75 Å². The van der Waals surface area contributed by atoms with Gasteiger partial charge in [-0.15, -0.1) is 0 Å². The number of hydrogen-bond acceptors (Lipinski definition) is 3. The van der Waals surface area contributed by atoms with Crippen molar-refractivity contribution in [2.75, 3.05) is 13.2 Å². The summed E-state index contributed by atoms with van der Waals surface area (Å²) in [5.74, 6) is 0.882. The second-order valence-corrected chi connectivity index (χ2v) is 4.61. The molecule has 0 saturated carbocycles. The van der Waals surface area contributed by atoms with Gasteiger partial charge in [-0.2, -0.15) is 0 Å². The summed E-state index contributed by atoms with van der Waals surface area (Å²) in [6.45, 7) is 3.42. The van der Waals surface area contributed by atoms with Gasteiger partial charge < -0.3 is 15.2 Å². The molecule has 0 spiro atoms. The molecule has 2 aromatic carbocycles. The van der Waals surface area contributed by atoms with Crippen molar-refractivity contribution in [1.82, 2.24) is 5.32 Å². The predicted molar refractivity (Wildman–Crippen MR) is 80.7 cm³/mol. The monoisotopic (exact) mass is 271 g/mol. The lowest BCUT2D eigenvalue weighted by atomic mass is 10.1. The maximum absolute atomic E-state index is 9.51. The first kappa shape index (κ1) is 14.6. The molecule has 0 saturated heterocycles. The summed E-state index contributed by atoms with van der Waals surface area (Å²) in [5.41, 5.74) is 2.24. The van der Waals surface area contributed by atoms with Crippen LogP contribution in [0.2, 0.25) is 0 Å². The van der Waals surface area contributed by atoms with Crippen LogP contribution in [-0.4, -0.2) is 18.3 Å². The Morgan fingerprint density at radius 1 is 1.10 bits per heavy atom. The second-order valence-electron chi connectivity index (χ2n) is 4.61. The van der Waals surface area contributed by atoms with Gasteiger partial charge in [-0.05, 0) is 30.2 Å². The molecule has 0 aliphatic rings. The molecule has 3 nitrogen and oxygen atoms in total. The number of ether oxygens (including phenoxy) is 1. The van der Waals surface area contributed by atoms with Crippen LogP contribution in [0.15, 0.2) is 54.6 Å². The standard InChI is InChI=1S/C17H21NO2/c1-2-20-16-10-6-7-14(11-16)12-18-17(13-19)15-8-4-3-5-9-15/h3-11,17-19H,2,12-13H2,1H3/t17-/m1/s1. The first-order chi connectivity index (χ1) is 9.83. The van der Waals surface area contributed by atoms with E-state index in [9.17, 15) is 5.11 Å². The van der Waals surface area contributed by atoms with Crippen LogP contribution in [-0.2, 0) is 6.54 Å².